The van der Waals surface area contributed by atoms with Crippen molar-refractivity contribution in [1.82, 2.24) is 14.5 Å². The number of pyridine rings is 2. The molecule has 5 nitrogen and oxygen atoms in total. The number of phenols is 1. The van der Waals surface area contributed by atoms with E-state index in [0.29, 0.717) is 23.1 Å². The van der Waals surface area contributed by atoms with Gasteiger partial charge in [0.15, 0.2) is 0 Å². The number of phenolic OH excluding ortho intramolecular Hbond substituents is 1. The molecular weight excluding hydrogens is 665 g/mol. The van der Waals surface area contributed by atoms with Gasteiger partial charge >= 0.3 is 0 Å². The molecule has 1 N–H and O–H groups in total. The summed E-state index contributed by atoms with van der Waals surface area (Å²) in [5, 5.41) is 15.7. The van der Waals surface area contributed by atoms with Crippen LogP contribution in [0.3, 0.4) is 0 Å². The van der Waals surface area contributed by atoms with Gasteiger partial charge in [0.2, 0.25) is 5.88 Å². The maximum Gasteiger partial charge on any atom is 0.217 e. The van der Waals surface area contributed by atoms with Crippen LogP contribution in [0.2, 0.25) is 0 Å². The van der Waals surface area contributed by atoms with Gasteiger partial charge in [0.05, 0.1) is 0 Å². The molecule has 7 aromatic rings. The summed E-state index contributed by atoms with van der Waals surface area (Å²) in [6.07, 6.45) is 1.86. The van der Waals surface area contributed by atoms with E-state index in [1.807, 2.05) is 66.9 Å². The van der Waals surface area contributed by atoms with Gasteiger partial charge in [0, 0.05) is 55.4 Å². The van der Waals surface area contributed by atoms with E-state index < -0.39 is 0 Å². The summed E-state index contributed by atoms with van der Waals surface area (Å²) < 4.78 is 8.33. The van der Waals surface area contributed by atoms with E-state index >= 15 is 0 Å². The maximum atomic E-state index is 10.9. The number of nitrogens with zero attached hydrogens (tertiary/aromatic N) is 3. The van der Waals surface area contributed by atoms with Crippen LogP contribution in [0, 0.1) is 6.07 Å². The van der Waals surface area contributed by atoms with Crippen molar-refractivity contribution in [2.45, 2.75) is 19.8 Å². The Morgan fingerprint density at radius 3 is 2.46 bits per heavy atom. The van der Waals surface area contributed by atoms with E-state index in [4.69, 9.17) is 9.72 Å². The van der Waals surface area contributed by atoms with Gasteiger partial charge < -0.3 is 14.4 Å². The molecule has 0 aliphatic carbocycles. The van der Waals surface area contributed by atoms with Crippen LogP contribution in [-0.2, 0) is 21.1 Å². The largest absolute Gasteiger partial charge is 0.505 e. The number of aromatic nitrogens is 3. The van der Waals surface area contributed by atoms with Crippen LogP contribution < -0.4 is 4.74 Å². The van der Waals surface area contributed by atoms with Gasteiger partial charge in [-0.25, -0.2) is 9.97 Å². The molecule has 0 aliphatic heterocycles. The van der Waals surface area contributed by atoms with E-state index in [1.165, 1.54) is 5.56 Å². The van der Waals surface area contributed by atoms with Crippen LogP contribution in [0.15, 0.2) is 97.2 Å². The van der Waals surface area contributed by atoms with Crippen LogP contribution in [0.4, 0.5) is 0 Å². The van der Waals surface area contributed by atoms with Crippen molar-refractivity contribution in [3.63, 3.8) is 0 Å². The van der Waals surface area contributed by atoms with Crippen LogP contribution in [0.25, 0.3) is 49.3 Å². The van der Waals surface area contributed by atoms with E-state index in [0.717, 1.165) is 43.8 Å². The molecule has 0 amide bonds. The van der Waals surface area contributed by atoms with E-state index in [9.17, 15) is 5.11 Å². The molecule has 0 spiro atoms. The molecule has 6 heteroatoms. The summed E-state index contributed by atoms with van der Waals surface area (Å²) in [6.45, 7) is 4.36. The molecule has 7 rings (SSSR count). The van der Waals surface area contributed by atoms with Gasteiger partial charge in [-0.2, -0.15) is 6.07 Å². The zero-order chi connectivity index (χ0) is 25.8. The van der Waals surface area contributed by atoms with Crippen LogP contribution in [-0.4, -0.2) is 19.6 Å². The van der Waals surface area contributed by atoms with Crippen molar-refractivity contribution in [1.29, 1.82) is 0 Å². The first-order valence-electron chi connectivity index (χ1n) is 12.7. The molecule has 0 unspecified atom stereocenters. The zero-order valence-electron chi connectivity index (χ0n) is 21.3. The average molecular weight is 690 g/mol. The second-order valence-electron chi connectivity index (χ2n) is 9.81. The number of fused-ring (bicyclic) bond motifs is 5. The molecule has 0 fully saturated rings. The first-order chi connectivity index (χ1) is 18.6. The second kappa shape index (κ2) is 9.83. The Labute approximate surface area is 240 Å². The van der Waals surface area contributed by atoms with Crippen molar-refractivity contribution in [3.05, 3.63) is 109 Å². The number of aromatic hydroxyl groups is 1. The number of hydrogen-bond donors (Lipinski definition) is 1. The SMILES string of the molecule is CC(C)c1ccnc(-n2c3[c-]c(Oc4ccc5cc6ccccc6c(O)c5n4)ccc3c3ccccc32)c1.[Pt]. The minimum absolute atomic E-state index is 0. The summed E-state index contributed by atoms with van der Waals surface area (Å²) in [7, 11) is 0. The first-order valence-corrected chi connectivity index (χ1v) is 12.7. The fourth-order valence-electron chi connectivity index (χ4n) is 5.15. The van der Waals surface area contributed by atoms with E-state index in [-0.39, 0.29) is 26.8 Å². The molecule has 0 saturated carbocycles. The van der Waals surface area contributed by atoms with Crippen molar-refractivity contribution in [3.8, 4) is 23.2 Å². The first kappa shape index (κ1) is 25.1. The number of rotatable bonds is 4. The van der Waals surface area contributed by atoms with Gasteiger partial charge in [-0.1, -0.05) is 61.8 Å². The quantitative estimate of drug-likeness (QED) is 0.149. The summed E-state index contributed by atoms with van der Waals surface area (Å²) >= 11 is 0. The number of ether oxygens (including phenoxy) is 1. The van der Waals surface area contributed by atoms with Crippen molar-refractivity contribution >= 4 is 43.5 Å². The molecule has 0 atom stereocenters. The van der Waals surface area contributed by atoms with Gasteiger partial charge in [-0.15, -0.1) is 17.5 Å². The van der Waals surface area contributed by atoms with Gasteiger partial charge in [-0.3, -0.25) is 0 Å². The second-order valence-corrected chi connectivity index (χ2v) is 9.81. The Bertz CT molecular complexity index is 2010. The minimum atomic E-state index is 0. The summed E-state index contributed by atoms with van der Waals surface area (Å²) in [4.78, 5) is 9.35. The standard InChI is InChI=1S/C33H24N3O2.Pt/c1-20(2)21-15-16-34-30(18-21)36-28-10-6-5-9-26(28)27-13-12-24(19-29(27)36)38-31-14-11-23-17-22-7-3-4-8-25(22)33(37)32(23)35-31;/h3-18,20,37H,1-2H3;/q-1;. The van der Waals surface area contributed by atoms with Crippen LogP contribution in [0.5, 0.6) is 17.4 Å². The predicted molar refractivity (Wildman–Crippen MR) is 152 cm³/mol. The Balaban J connectivity index is 0.00000277. The maximum absolute atomic E-state index is 10.9. The van der Waals surface area contributed by atoms with Gasteiger partial charge in [0.25, 0.3) is 0 Å². The third-order valence-corrected chi connectivity index (χ3v) is 7.09. The Kier molecular flexibility index (Phi) is 6.32. The van der Waals surface area contributed by atoms with Crippen molar-refractivity contribution in [2.24, 2.45) is 0 Å². The molecule has 3 aromatic heterocycles. The molecule has 39 heavy (non-hydrogen) atoms. The van der Waals surface area contributed by atoms with Gasteiger partial charge in [0.1, 0.15) is 17.1 Å². The number of para-hydroxylation sites is 1. The Morgan fingerprint density at radius 2 is 1.62 bits per heavy atom. The fourth-order valence-corrected chi connectivity index (χ4v) is 5.15. The number of benzene rings is 4. The fraction of sp³-hybridized carbons (Fsp3) is 0.0909. The third-order valence-electron chi connectivity index (χ3n) is 7.09. The summed E-state index contributed by atoms with van der Waals surface area (Å²) in [5.74, 6) is 2.31. The van der Waals surface area contributed by atoms with Gasteiger partial charge in [-0.05, 0) is 52.6 Å². The van der Waals surface area contributed by atoms with E-state index in [2.05, 4.69) is 59.8 Å². The summed E-state index contributed by atoms with van der Waals surface area (Å²) in [5.41, 5.74) is 3.67. The molecule has 0 radical (unpaired) electrons. The third kappa shape index (κ3) is 4.24. The monoisotopic (exact) mass is 689 g/mol. The molecule has 0 saturated heterocycles. The Morgan fingerprint density at radius 1 is 0.821 bits per heavy atom. The van der Waals surface area contributed by atoms with Crippen molar-refractivity contribution < 1.29 is 30.9 Å². The topological polar surface area (TPSA) is 60.2 Å². The normalized spacial score (nSPS) is 11.5. The van der Waals surface area contributed by atoms with Crippen LogP contribution >= 0.6 is 0 Å². The smallest absolute Gasteiger partial charge is 0.217 e. The molecule has 0 aliphatic rings. The molecule has 0 bridgehead atoms. The zero-order valence-corrected chi connectivity index (χ0v) is 23.6. The molecule has 4 aromatic carbocycles. The predicted octanol–water partition coefficient (Wildman–Crippen LogP) is 8.30. The molecule has 3 heterocycles. The van der Waals surface area contributed by atoms with Crippen molar-refractivity contribution in [2.75, 3.05) is 0 Å². The Hall–Kier alpha value is -4.21. The van der Waals surface area contributed by atoms with E-state index in [1.54, 1.807) is 0 Å². The summed E-state index contributed by atoms with van der Waals surface area (Å²) in [6, 6.07) is 33.4. The van der Waals surface area contributed by atoms with Crippen LogP contribution in [0.1, 0.15) is 25.3 Å². The molecular formula is C33H24N3O2Pt-. The molecule has 194 valence electrons. The average Bonchev–Trinajstić information content (AvgIpc) is 3.27. The minimum Gasteiger partial charge on any atom is -0.505 e. The number of hydrogen-bond acceptors (Lipinski definition) is 4.